The number of Topliss-reactive ketones (excluding diaryl/α,β-unsaturated/α-hetero) is 1. The van der Waals surface area contributed by atoms with E-state index < -0.39 is 37.7 Å². The number of rotatable bonds is 10. The van der Waals surface area contributed by atoms with Crippen molar-refractivity contribution in [2.24, 2.45) is 16.1 Å². The molecule has 1 aromatic rings. The molecular weight excluding hydrogens is 487 g/mol. The molecule has 1 aromatic heterocycles. The number of nitrogens with zero attached hydrogens (tertiary/aromatic N) is 3. The monoisotopic (exact) mass is 517 g/mol. The summed E-state index contributed by atoms with van der Waals surface area (Å²) in [6.07, 6.45) is -1.71. The Labute approximate surface area is 202 Å². The van der Waals surface area contributed by atoms with Crippen molar-refractivity contribution in [1.29, 1.82) is 0 Å². The van der Waals surface area contributed by atoms with E-state index in [-0.39, 0.29) is 47.9 Å². The lowest BCUT2D eigenvalue weighted by molar-refractivity contribution is -0.118. The number of fused-ring (bicyclic) bond motifs is 1. The van der Waals surface area contributed by atoms with E-state index in [1.54, 1.807) is 0 Å². The molecule has 12 nitrogen and oxygen atoms in total. The van der Waals surface area contributed by atoms with Crippen LogP contribution in [0.4, 0.5) is 5.82 Å². The summed E-state index contributed by atoms with van der Waals surface area (Å²) in [4.78, 5) is 32.4. The zero-order valence-corrected chi connectivity index (χ0v) is 21.2. The van der Waals surface area contributed by atoms with E-state index in [1.165, 1.54) is 17.8 Å². The van der Waals surface area contributed by atoms with Crippen LogP contribution >= 0.6 is 20.0 Å². The number of aliphatic imine (C=N–C) groups is 1. The Balaban J connectivity index is 1.54. The van der Waals surface area contributed by atoms with Gasteiger partial charge in [-0.3, -0.25) is 14.2 Å². The van der Waals surface area contributed by atoms with Crippen LogP contribution < -0.4 is 5.73 Å². The number of imidazole rings is 1. The number of thioether (sulfide) groups is 1. The Hall–Kier alpha value is -1.73. The Morgan fingerprint density at radius 1 is 1.47 bits per heavy atom. The lowest BCUT2D eigenvalue weighted by Crippen LogP contribution is -2.46. The molecule has 1 saturated heterocycles. The molecule has 0 saturated carbocycles. The first-order chi connectivity index (χ1) is 15.9. The minimum Gasteiger partial charge on any atom is -0.387 e. The lowest BCUT2D eigenvalue weighted by Gasteiger charge is -2.25. The molecule has 0 aliphatic carbocycles. The zero-order valence-electron chi connectivity index (χ0n) is 19.5. The second-order valence-corrected chi connectivity index (χ2v) is 11.0. The molecule has 1 fully saturated rings. The molecule has 0 amide bonds. The third-order valence-electron chi connectivity index (χ3n) is 6.00. The molecule has 3 heterocycles. The van der Waals surface area contributed by atoms with Crippen LogP contribution in [0.5, 0.6) is 0 Å². The van der Waals surface area contributed by atoms with Crippen molar-refractivity contribution >= 4 is 42.6 Å². The minimum atomic E-state index is -2.54. The quantitative estimate of drug-likeness (QED) is 0.305. The van der Waals surface area contributed by atoms with Crippen LogP contribution in [0.1, 0.15) is 57.3 Å². The van der Waals surface area contributed by atoms with Crippen LogP contribution in [0.2, 0.25) is 0 Å². The Morgan fingerprint density at radius 3 is 2.85 bits per heavy atom. The summed E-state index contributed by atoms with van der Waals surface area (Å²) in [6.45, 7) is 6.70. The fourth-order valence-electron chi connectivity index (χ4n) is 3.31. The summed E-state index contributed by atoms with van der Waals surface area (Å²) >= 11 is 1.11. The maximum absolute atomic E-state index is 12.1. The summed E-state index contributed by atoms with van der Waals surface area (Å²) in [6, 6.07) is 0. The van der Waals surface area contributed by atoms with Crippen molar-refractivity contribution in [2.45, 2.75) is 64.6 Å². The van der Waals surface area contributed by atoms with Gasteiger partial charge < -0.3 is 20.7 Å². The van der Waals surface area contributed by atoms with Crippen LogP contribution in [0.15, 0.2) is 11.3 Å². The molecule has 2 aliphatic rings. The van der Waals surface area contributed by atoms with Gasteiger partial charge in [0.2, 0.25) is 0 Å². The molecule has 0 bridgehead atoms. The molecule has 0 radical (unpaired) electrons. The van der Waals surface area contributed by atoms with Gasteiger partial charge in [0.25, 0.3) is 0 Å². The summed E-state index contributed by atoms with van der Waals surface area (Å²) in [7, 11) is -2.54. The number of aromatic nitrogens is 2. The first-order valence-electron chi connectivity index (χ1n) is 10.8. The van der Waals surface area contributed by atoms with Gasteiger partial charge in [0, 0.05) is 15.7 Å². The third kappa shape index (κ3) is 5.56. The largest absolute Gasteiger partial charge is 0.697 e. The highest BCUT2D eigenvalue weighted by Gasteiger charge is 2.54. The topological polar surface area (TPSA) is 176 Å². The van der Waals surface area contributed by atoms with E-state index in [4.69, 9.17) is 19.5 Å². The standard InChI is InChI=1S/C20H29N4O8PS/c1-5-19(2,3)18(27)34-7-6-30-33(29)31-9-12-20(4,28)15(26)17(32-12)24-10-22-14-11(25)8-13(21)23-16(14)24/h10,12,15,17,26,28H,5-9H2,1-4H3,(H-,21,23,25)/p+1/t12-,15?,17-,20-/m1/s1. The van der Waals surface area contributed by atoms with Gasteiger partial charge >= 0.3 is 8.25 Å². The van der Waals surface area contributed by atoms with Crippen molar-refractivity contribution in [1.82, 2.24) is 9.55 Å². The zero-order chi connectivity index (χ0) is 25.3. The minimum absolute atomic E-state index is 0.0275. The third-order valence-corrected chi connectivity index (χ3v) is 7.94. The first-order valence-corrected chi connectivity index (χ1v) is 12.9. The second kappa shape index (κ2) is 10.5. The Morgan fingerprint density at radius 2 is 2.18 bits per heavy atom. The number of ketones is 1. The van der Waals surface area contributed by atoms with Crippen LogP contribution in [0.25, 0.3) is 0 Å². The van der Waals surface area contributed by atoms with E-state index in [0.717, 1.165) is 11.8 Å². The van der Waals surface area contributed by atoms with E-state index in [2.05, 4.69) is 9.98 Å². The molecule has 34 heavy (non-hydrogen) atoms. The number of carbonyl (C=O) groups excluding carboxylic acids is 2. The summed E-state index contributed by atoms with van der Waals surface area (Å²) in [5.41, 5.74) is 3.59. The van der Waals surface area contributed by atoms with Crippen molar-refractivity contribution < 1.29 is 38.2 Å². The molecule has 3 rings (SSSR count). The molecule has 4 N–H and O–H groups in total. The highest BCUT2D eigenvalue weighted by atomic mass is 32.2. The molecule has 2 unspecified atom stereocenters. The lowest BCUT2D eigenvalue weighted by atomic mass is 9.92. The van der Waals surface area contributed by atoms with E-state index in [1.807, 2.05) is 20.8 Å². The number of hydrogen-bond donors (Lipinski definition) is 3. The average Bonchev–Trinajstić information content (AvgIpc) is 3.28. The fourth-order valence-corrected chi connectivity index (χ4v) is 4.89. The summed E-state index contributed by atoms with van der Waals surface area (Å²) in [5.74, 6) is 0.236. The molecule has 0 aromatic carbocycles. The van der Waals surface area contributed by atoms with Gasteiger partial charge in [-0.25, -0.2) is 9.98 Å². The van der Waals surface area contributed by atoms with Gasteiger partial charge in [-0.15, -0.1) is 9.05 Å². The predicted octanol–water partition coefficient (Wildman–Crippen LogP) is 1.85. The number of amidine groups is 1. The molecule has 188 valence electrons. The summed E-state index contributed by atoms with van der Waals surface area (Å²) in [5, 5.41) is 21.5. The van der Waals surface area contributed by atoms with Gasteiger partial charge in [0.05, 0.1) is 12.7 Å². The van der Waals surface area contributed by atoms with Crippen LogP contribution in [0.3, 0.4) is 0 Å². The number of carbonyl (C=O) groups is 2. The number of nitrogens with two attached hydrogens (primary N) is 1. The second-order valence-electron chi connectivity index (χ2n) is 8.94. The first kappa shape index (κ1) is 26.9. The molecule has 14 heteroatoms. The highest BCUT2D eigenvalue weighted by Crippen LogP contribution is 2.41. The van der Waals surface area contributed by atoms with E-state index >= 15 is 0 Å². The SMILES string of the molecule is CCC(C)(C)C(=O)SCCO[P+](=O)OC[C@H]1O[C@@H](n2cnc3c2N=C(N)CC3=O)C(O)[C@]1(C)O. The van der Waals surface area contributed by atoms with Crippen molar-refractivity contribution in [3.63, 3.8) is 0 Å². The molecule has 0 spiro atoms. The average molecular weight is 518 g/mol. The highest BCUT2D eigenvalue weighted by molar-refractivity contribution is 8.13. The van der Waals surface area contributed by atoms with Crippen LogP contribution in [-0.4, -0.2) is 73.3 Å². The Bertz CT molecular complexity index is 995. The van der Waals surface area contributed by atoms with E-state index in [9.17, 15) is 24.4 Å². The predicted molar refractivity (Wildman–Crippen MR) is 124 cm³/mol. The number of hydrogen-bond acceptors (Lipinski definition) is 12. The van der Waals surface area contributed by atoms with Crippen LogP contribution in [0, 0.1) is 5.41 Å². The van der Waals surface area contributed by atoms with Crippen molar-refractivity contribution in [3.8, 4) is 0 Å². The van der Waals surface area contributed by atoms with Gasteiger partial charge in [-0.05, 0) is 13.3 Å². The van der Waals surface area contributed by atoms with Crippen LogP contribution in [-0.2, 0) is 23.1 Å². The molecular formula is C20H30N4O8PS+. The Kier molecular flexibility index (Phi) is 8.29. The number of aliphatic hydroxyl groups is 2. The smallest absolute Gasteiger partial charge is 0.387 e. The van der Waals surface area contributed by atoms with E-state index in [0.29, 0.717) is 12.2 Å². The maximum atomic E-state index is 12.1. The van der Waals surface area contributed by atoms with Crippen molar-refractivity contribution in [2.75, 3.05) is 19.0 Å². The molecule has 2 aliphatic heterocycles. The number of aliphatic hydroxyl groups excluding tert-OH is 1. The van der Waals surface area contributed by atoms with Gasteiger partial charge in [-0.1, -0.05) is 32.5 Å². The van der Waals surface area contributed by atoms with Crippen molar-refractivity contribution in [3.05, 3.63) is 12.0 Å². The summed E-state index contributed by atoms with van der Waals surface area (Å²) < 4.78 is 29.5. The fraction of sp³-hybridized carbons (Fsp3) is 0.700. The van der Waals surface area contributed by atoms with Gasteiger partial charge in [-0.2, -0.15) is 0 Å². The number of ether oxygens (including phenoxy) is 1. The van der Waals surface area contributed by atoms with Gasteiger partial charge in [0.1, 0.15) is 36.9 Å². The van der Waals surface area contributed by atoms with Gasteiger partial charge in [0.15, 0.2) is 28.6 Å². The molecule has 5 atom stereocenters. The normalized spacial score (nSPS) is 27.5. The maximum Gasteiger partial charge on any atom is 0.697 e.